The van der Waals surface area contributed by atoms with Gasteiger partial charge in [-0.2, -0.15) is 0 Å². The summed E-state index contributed by atoms with van der Waals surface area (Å²) in [5.74, 6) is -1.41. The topological polar surface area (TPSA) is 113 Å². The molecule has 9 nitrogen and oxygen atoms in total. The van der Waals surface area contributed by atoms with Gasteiger partial charge in [0.15, 0.2) is 0 Å². The maximum absolute atomic E-state index is 13.3. The third kappa shape index (κ3) is 3.58. The van der Waals surface area contributed by atoms with E-state index in [0.29, 0.717) is 22.3 Å². The van der Waals surface area contributed by atoms with Crippen molar-refractivity contribution in [1.82, 2.24) is 14.9 Å². The molecule has 0 atom stereocenters. The van der Waals surface area contributed by atoms with Crippen LogP contribution >= 0.6 is 0 Å². The predicted octanol–water partition coefficient (Wildman–Crippen LogP) is 1.81. The van der Waals surface area contributed by atoms with Gasteiger partial charge in [-0.05, 0) is 30.2 Å². The Balaban J connectivity index is 1.34. The number of H-pyrrole nitrogens is 1. The van der Waals surface area contributed by atoms with Gasteiger partial charge < -0.3 is 19.5 Å². The number of benzene rings is 1. The molecule has 1 fully saturated rings. The molecule has 2 aromatic heterocycles. The van der Waals surface area contributed by atoms with E-state index >= 15 is 0 Å². The molecule has 0 unspecified atom stereocenters. The summed E-state index contributed by atoms with van der Waals surface area (Å²) < 4.78 is 18.5. The molecule has 1 amide bonds. The summed E-state index contributed by atoms with van der Waals surface area (Å²) in [7, 11) is 1.47. The summed E-state index contributed by atoms with van der Waals surface area (Å²) in [4.78, 5) is 61.0. The zero-order chi connectivity index (χ0) is 24.9. The summed E-state index contributed by atoms with van der Waals surface area (Å²) in [6, 6.07) is 5.38. The van der Waals surface area contributed by atoms with Gasteiger partial charge in [0.2, 0.25) is 16.7 Å². The molecule has 0 aliphatic carbocycles. The molecule has 1 saturated heterocycles. The number of aromatic nitrogens is 2. The van der Waals surface area contributed by atoms with Crippen molar-refractivity contribution in [3.8, 4) is 17.0 Å². The van der Waals surface area contributed by atoms with E-state index in [-0.39, 0.29) is 43.0 Å². The molecule has 1 aliphatic rings. The number of rotatable bonds is 5. The van der Waals surface area contributed by atoms with Crippen LogP contribution in [0.2, 0.25) is 0 Å². The maximum atomic E-state index is 13.3. The molecule has 2 aromatic carbocycles. The number of ketones is 1. The van der Waals surface area contributed by atoms with Gasteiger partial charge in [-0.25, -0.2) is 9.37 Å². The van der Waals surface area contributed by atoms with Crippen molar-refractivity contribution in [2.75, 3.05) is 38.2 Å². The van der Waals surface area contributed by atoms with E-state index < -0.39 is 28.4 Å². The highest BCUT2D eigenvalue weighted by Gasteiger charge is 2.33. The number of amides is 1. The van der Waals surface area contributed by atoms with Crippen molar-refractivity contribution in [1.29, 1.82) is 0 Å². The minimum atomic E-state index is -0.651. The van der Waals surface area contributed by atoms with Crippen molar-refractivity contribution >= 4 is 28.3 Å². The highest BCUT2D eigenvalue weighted by Crippen LogP contribution is 2.30. The normalized spacial score (nSPS) is 14.0. The Morgan fingerprint density at radius 3 is 2.40 bits per heavy atom. The van der Waals surface area contributed by atoms with E-state index in [2.05, 4.69) is 9.97 Å². The largest absolute Gasteiger partial charge is 0.479 e. The van der Waals surface area contributed by atoms with Crippen LogP contribution in [0.25, 0.3) is 22.0 Å². The number of nitrogens with one attached hydrogen (secondary N) is 1. The lowest BCUT2D eigenvalue weighted by atomic mass is 9.97. The number of nitrogens with zero attached hydrogens (tertiary/aromatic N) is 3. The quantitative estimate of drug-likeness (QED) is 0.345. The molecule has 10 heteroatoms. The zero-order valence-electron chi connectivity index (χ0n) is 19.1. The van der Waals surface area contributed by atoms with Crippen LogP contribution in [0, 0.1) is 12.7 Å². The van der Waals surface area contributed by atoms with Crippen LogP contribution in [0.4, 0.5) is 10.1 Å². The predicted molar refractivity (Wildman–Crippen MR) is 127 cm³/mol. The van der Waals surface area contributed by atoms with Gasteiger partial charge in [0.1, 0.15) is 17.0 Å². The molecule has 3 heterocycles. The highest BCUT2D eigenvalue weighted by atomic mass is 19.1. The summed E-state index contributed by atoms with van der Waals surface area (Å²) in [5, 5.41) is 0.585. The third-order valence-corrected chi connectivity index (χ3v) is 6.40. The summed E-state index contributed by atoms with van der Waals surface area (Å²) in [5.41, 5.74) is 1.30. The molecule has 0 spiro atoms. The van der Waals surface area contributed by atoms with E-state index in [9.17, 15) is 23.6 Å². The Bertz CT molecular complexity index is 1540. The van der Waals surface area contributed by atoms with Crippen molar-refractivity contribution in [3.05, 3.63) is 74.0 Å². The molecule has 5 rings (SSSR count). The molecule has 0 bridgehead atoms. The van der Waals surface area contributed by atoms with Crippen molar-refractivity contribution in [2.45, 2.75) is 6.92 Å². The van der Waals surface area contributed by atoms with E-state index in [1.165, 1.54) is 42.5 Å². The Kier molecular flexibility index (Phi) is 5.43. The van der Waals surface area contributed by atoms with E-state index in [0.717, 1.165) is 5.56 Å². The molecular weight excluding hydrogens is 455 g/mol. The second kappa shape index (κ2) is 8.46. The first-order chi connectivity index (χ1) is 16.8. The number of hydrogen-bond acceptors (Lipinski definition) is 7. The van der Waals surface area contributed by atoms with Gasteiger partial charge in [-0.1, -0.05) is 12.1 Å². The first-order valence-electron chi connectivity index (χ1n) is 11.0. The Labute approximate surface area is 198 Å². The number of fused-ring (bicyclic) bond motifs is 1. The van der Waals surface area contributed by atoms with Crippen molar-refractivity contribution in [2.24, 2.45) is 0 Å². The molecule has 1 aliphatic heterocycles. The van der Waals surface area contributed by atoms with Crippen LogP contribution < -0.4 is 20.5 Å². The lowest BCUT2D eigenvalue weighted by molar-refractivity contribution is -0.126. The lowest BCUT2D eigenvalue weighted by Gasteiger charge is -2.36. The monoisotopic (exact) mass is 476 g/mol. The lowest BCUT2D eigenvalue weighted by Crippen LogP contribution is -2.54. The standard InChI is InChI=1S/C25H21FN4O5/c1-13-11-28-24(35-2)19-17(13)16(12-27-19)21(31)25(34)30-9-7-29(8-10-30)20-18(22(32)23(20)33)14-3-5-15(26)6-4-14/h3-6,11-12,27H,7-10H2,1-2H3. The fraction of sp³-hybridized carbons (Fsp3) is 0.240. The number of methoxy groups -OCH3 is 1. The molecule has 0 saturated carbocycles. The van der Waals surface area contributed by atoms with Crippen LogP contribution in [0.3, 0.4) is 0 Å². The van der Waals surface area contributed by atoms with Crippen LogP contribution in [-0.2, 0) is 4.79 Å². The molecular formula is C25H21FN4O5. The van der Waals surface area contributed by atoms with E-state index in [4.69, 9.17) is 4.74 Å². The number of aryl methyl sites for hydroxylation is 1. The second-order valence-corrected chi connectivity index (χ2v) is 8.40. The van der Waals surface area contributed by atoms with Crippen molar-refractivity contribution < 1.29 is 18.7 Å². The summed E-state index contributed by atoms with van der Waals surface area (Å²) in [6.45, 7) is 2.77. The number of carbonyl (C=O) groups is 2. The maximum Gasteiger partial charge on any atom is 0.295 e. The molecule has 35 heavy (non-hydrogen) atoms. The summed E-state index contributed by atoms with van der Waals surface area (Å²) >= 11 is 0. The van der Waals surface area contributed by atoms with E-state index in [1.54, 1.807) is 18.0 Å². The van der Waals surface area contributed by atoms with E-state index in [1.807, 2.05) is 0 Å². The minimum Gasteiger partial charge on any atom is -0.479 e. The van der Waals surface area contributed by atoms with Crippen LogP contribution in [0.15, 0.2) is 46.2 Å². The molecule has 4 aromatic rings. The number of halogens is 1. The Morgan fingerprint density at radius 2 is 1.74 bits per heavy atom. The number of piperazine rings is 1. The smallest absolute Gasteiger partial charge is 0.295 e. The third-order valence-electron chi connectivity index (χ3n) is 6.40. The summed E-state index contributed by atoms with van der Waals surface area (Å²) in [6.07, 6.45) is 3.06. The number of pyridine rings is 1. The number of aromatic amines is 1. The number of ether oxygens (including phenoxy) is 1. The van der Waals surface area contributed by atoms with Crippen LogP contribution in [0.5, 0.6) is 5.88 Å². The first kappa shape index (κ1) is 22.5. The number of anilines is 1. The zero-order valence-corrected chi connectivity index (χ0v) is 19.1. The average Bonchev–Trinajstić information content (AvgIpc) is 3.33. The molecule has 1 N–H and O–H groups in total. The SMILES string of the molecule is COc1ncc(C)c2c(C(=O)C(=O)N3CCN(c4c(-c5ccc(F)cc5)c(=O)c4=O)CC3)c[nH]c12. The Morgan fingerprint density at radius 1 is 1.06 bits per heavy atom. The molecule has 178 valence electrons. The number of hydrogen-bond donors (Lipinski definition) is 1. The van der Waals surface area contributed by atoms with Crippen LogP contribution in [0.1, 0.15) is 15.9 Å². The van der Waals surface area contributed by atoms with Crippen LogP contribution in [-0.4, -0.2) is 59.8 Å². The average molecular weight is 476 g/mol. The Hall–Kier alpha value is -4.34. The second-order valence-electron chi connectivity index (χ2n) is 8.40. The minimum absolute atomic E-state index is 0.207. The molecule has 0 radical (unpaired) electrons. The van der Waals surface area contributed by atoms with Gasteiger partial charge in [0.25, 0.3) is 11.7 Å². The fourth-order valence-corrected chi connectivity index (χ4v) is 4.58. The number of carbonyl (C=O) groups excluding carboxylic acids is 2. The number of Topliss-reactive ketones (excluding diaryl/α,β-unsaturated/α-hetero) is 1. The van der Waals surface area contributed by atoms with Crippen molar-refractivity contribution in [3.63, 3.8) is 0 Å². The van der Waals surface area contributed by atoms with Gasteiger partial charge in [0, 0.05) is 44.0 Å². The van der Waals surface area contributed by atoms with Gasteiger partial charge in [-0.15, -0.1) is 0 Å². The van der Waals surface area contributed by atoms with Gasteiger partial charge >= 0.3 is 0 Å². The van der Waals surface area contributed by atoms with Gasteiger partial charge in [-0.3, -0.25) is 19.2 Å². The highest BCUT2D eigenvalue weighted by molar-refractivity contribution is 6.45. The fourth-order valence-electron chi connectivity index (χ4n) is 4.58. The first-order valence-corrected chi connectivity index (χ1v) is 11.0. The van der Waals surface area contributed by atoms with Gasteiger partial charge in [0.05, 0.1) is 18.2 Å².